The fourth-order valence-corrected chi connectivity index (χ4v) is 1.17. The van der Waals surface area contributed by atoms with Gasteiger partial charge in [0.25, 0.3) is 0 Å². The van der Waals surface area contributed by atoms with Crippen LogP contribution in [0.25, 0.3) is 0 Å². The molecule has 0 aromatic carbocycles. The van der Waals surface area contributed by atoms with Gasteiger partial charge in [-0.15, -0.1) is 0 Å². The zero-order valence-corrected chi connectivity index (χ0v) is 14.4. The molecule has 0 amide bonds. The summed E-state index contributed by atoms with van der Waals surface area (Å²) >= 11 is 0. The fourth-order valence-electron chi connectivity index (χ4n) is 1.15. The summed E-state index contributed by atoms with van der Waals surface area (Å²) in [6.45, 7) is 0. The van der Waals surface area contributed by atoms with Crippen LogP contribution in [0.15, 0.2) is 0 Å². The van der Waals surface area contributed by atoms with Gasteiger partial charge in [0.1, 0.15) is 0 Å². The van der Waals surface area contributed by atoms with Gasteiger partial charge in [-0.05, 0) is 17.8 Å². The number of rotatable bonds is 7. The molecule has 0 rings (SSSR count). The molecule has 0 radical (unpaired) electrons. The van der Waals surface area contributed by atoms with Crippen molar-refractivity contribution in [1.82, 2.24) is 0 Å². The predicted octanol–water partition coefficient (Wildman–Crippen LogP) is 5.31. The normalized spacial score (nSPS) is 15.3. The molecule has 26 heteroatoms. The number of hydrogen-bond donors (Lipinski definition) is 0. The maximum atomic E-state index is 12.8. The molecule has 0 aliphatic heterocycles. The number of halogens is 20. The molecular weight excluding hydrogens is 595 g/mol. The van der Waals surface area contributed by atoms with E-state index in [9.17, 15) is 96.5 Å². The Labute approximate surface area is 193 Å². The van der Waals surface area contributed by atoms with E-state index >= 15 is 0 Å². The molecule has 0 aliphatic rings. The molecule has 0 aromatic heterocycles. The summed E-state index contributed by atoms with van der Waals surface area (Å²) in [6, 6.07) is 0. The SMILES string of the molecule is FC(F)(F)C(F)(F)C(F)(F)C(F)(F)C(F)(F)C(F)(F)C(F)(F)C(F)(F)F.O=S(=O)(OF)OF.[NaH]. The van der Waals surface area contributed by atoms with Crippen LogP contribution in [0.4, 0.5) is 88.1 Å². The number of alkyl halides is 18. The standard InChI is InChI=1S/C8F18.F2O4S.Na.H/c9-1(10,3(13,14)5(17,18)7(21,22)23)2(11,12)4(15,16)6(19,20)8(24,25)26;1-5-7(3,4)6-2;;. The third kappa shape index (κ3) is 6.23. The van der Waals surface area contributed by atoms with E-state index in [1.807, 2.05) is 8.78 Å². The number of hydrogen-bond acceptors (Lipinski definition) is 4. The van der Waals surface area contributed by atoms with Crippen molar-refractivity contribution < 1.29 is 105 Å². The minimum absolute atomic E-state index is 0. The summed E-state index contributed by atoms with van der Waals surface area (Å²) in [6.07, 6.45) is -15.6. The average molecular weight is 596 g/mol. The molecule has 34 heavy (non-hydrogen) atoms. The first-order valence-electron chi connectivity index (χ1n) is 6.13. The molecule has 0 fully saturated rings. The van der Waals surface area contributed by atoms with E-state index in [2.05, 4.69) is 0 Å². The van der Waals surface area contributed by atoms with E-state index < -0.39 is 58.3 Å². The molecule has 0 atom stereocenters. The van der Waals surface area contributed by atoms with Gasteiger partial charge in [0.15, 0.2) is 0 Å². The van der Waals surface area contributed by atoms with Crippen molar-refractivity contribution in [3.63, 3.8) is 0 Å². The zero-order chi connectivity index (χ0) is 27.9. The molecule has 0 aromatic rings. The van der Waals surface area contributed by atoms with E-state index in [0.717, 1.165) is 0 Å². The van der Waals surface area contributed by atoms with Crippen LogP contribution in [0.2, 0.25) is 0 Å². The second-order valence-electron chi connectivity index (χ2n) is 4.98. The summed E-state index contributed by atoms with van der Waals surface area (Å²) in [5.74, 6) is -51.0. The third-order valence-corrected chi connectivity index (χ3v) is 3.15. The van der Waals surface area contributed by atoms with Gasteiger partial charge in [-0.3, -0.25) is 0 Å². The minimum atomic E-state index is -8.72. The monoisotopic (exact) mass is 596 g/mol. The van der Waals surface area contributed by atoms with Crippen molar-refractivity contribution in [3.8, 4) is 0 Å². The van der Waals surface area contributed by atoms with Crippen LogP contribution >= 0.6 is 0 Å². The van der Waals surface area contributed by atoms with Crippen molar-refractivity contribution in [2.24, 2.45) is 0 Å². The molecule has 0 heterocycles. The first kappa shape index (κ1) is 38.0. The first-order chi connectivity index (χ1) is 13.9. The van der Waals surface area contributed by atoms with E-state index in [-0.39, 0.29) is 29.6 Å². The quantitative estimate of drug-likeness (QED) is 0.296. The summed E-state index contributed by atoms with van der Waals surface area (Å²) in [7, 11) is -4.99. The molecule has 0 bridgehead atoms. The summed E-state index contributed by atoms with van der Waals surface area (Å²) in [5.41, 5.74) is 0. The average Bonchev–Trinajstić information content (AvgIpc) is 2.59. The van der Waals surface area contributed by atoms with Gasteiger partial charge in [-0.25, -0.2) is 0 Å². The van der Waals surface area contributed by atoms with Gasteiger partial charge in [-0.2, -0.15) is 87.4 Å². The van der Waals surface area contributed by atoms with Crippen LogP contribution in [0.5, 0.6) is 0 Å². The van der Waals surface area contributed by atoms with E-state index in [4.69, 9.17) is 0 Å². The van der Waals surface area contributed by atoms with Crippen LogP contribution in [-0.2, 0) is 19.2 Å². The van der Waals surface area contributed by atoms with Gasteiger partial charge in [0.05, 0.1) is 0 Å². The molecule has 204 valence electrons. The zero-order valence-electron chi connectivity index (χ0n) is 13.6. The predicted molar refractivity (Wildman–Crippen MR) is 62.2 cm³/mol. The molecule has 0 N–H and O–H groups in total. The Hall–Kier alpha value is -0.530. The Morgan fingerprint density at radius 3 is 0.618 bits per heavy atom. The van der Waals surface area contributed by atoms with Crippen LogP contribution in [-0.4, -0.2) is 85.9 Å². The first-order valence-corrected chi connectivity index (χ1v) is 7.46. The van der Waals surface area contributed by atoms with Crippen molar-refractivity contribution in [1.29, 1.82) is 0 Å². The van der Waals surface area contributed by atoms with E-state index in [0.29, 0.717) is 0 Å². The molecule has 0 saturated heterocycles. The van der Waals surface area contributed by atoms with Gasteiger partial charge in [0.2, 0.25) is 0 Å². The van der Waals surface area contributed by atoms with Crippen LogP contribution in [0, 0.1) is 0 Å². The van der Waals surface area contributed by atoms with Gasteiger partial charge >= 0.3 is 87.8 Å². The molecule has 0 aliphatic carbocycles. The van der Waals surface area contributed by atoms with Crippen molar-refractivity contribution >= 4 is 40.0 Å². The van der Waals surface area contributed by atoms with E-state index in [1.54, 1.807) is 0 Å². The summed E-state index contributed by atoms with van der Waals surface area (Å²) in [5, 5.41) is 0. The Morgan fingerprint density at radius 2 is 0.529 bits per heavy atom. The Bertz CT molecular complexity index is 710. The molecule has 0 unspecified atom stereocenters. The molecule has 0 saturated carbocycles. The fraction of sp³-hybridized carbons (Fsp3) is 1.00. The van der Waals surface area contributed by atoms with Crippen molar-refractivity contribution in [2.75, 3.05) is 0 Å². The Morgan fingerprint density at radius 1 is 0.382 bits per heavy atom. The van der Waals surface area contributed by atoms with Crippen molar-refractivity contribution in [3.05, 3.63) is 0 Å². The molecule has 4 nitrogen and oxygen atoms in total. The maximum absolute atomic E-state index is 12.8. The third-order valence-electron chi connectivity index (χ3n) is 2.84. The Balaban J connectivity index is -0.00000104. The van der Waals surface area contributed by atoms with Crippen molar-refractivity contribution in [2.45, 2.75) is 47.9 Å². The van der Waals surface area contributed by atoms with Gasteiger partial charge in [-0.1, -0.05) is 0 Å². The second-order valence-corrected chi connectivity index (χ2v) is 6.04. The topological polar surface area (TPSA) is 52.6 Å². The molecule has 0 spiro atoms. The van der Waals surface area contributed by atoms with Gasteiger partial charge in [0, 0.05) is 0 Å². The summed E-state index contributed by atoms with van der Waals surface area (Å²) in [4.78, 5) is 0. The van der Waals surface area contributed by atoms with Crippen LogP contribution in [0.3, 0.4) is 0 Å². The Kier molecular flexibility index (Phi) is 11.7. The second kappa shape index (κ2) is 10.5. The van der Waals surface area contributed by atoms with E-state index in [1.165, 1.54) is 0 Å². The summed E-state index contributed by atoms with van der Waals surface area (Å²) < 4.78 is 264. The van der Waals surface area contributed by atoms with Crippen LogP contribution < -0.4 is 0 Å². The molecular formula is C8HF20NaO4S. The van der Waals surface area contributed by atoms with Gasteiger partial charge < -0.3 is 0 Å². The van der Waals surface area contributed by atoms with Crippen LogP contribution in [0.1, 0.15) is 0 Å².